The molecule has 1 aliphatic heterocycles. The molecule has 0 spiro atoms. The molecule has 2 aromatic carbocycles. The number of alkyl halides is 3. The highest BCUT2D eigenvalue weighted by Crippen LogP contribution is 2.52. The molecule has 6 atom stereocenters. The van der Waals surface area contributed by atoms with Gasteiger partial charge in [0.15, 0.2) is 0 Å². The number of carbonyl (C=O) groups excluding carboxylic acids is 1. The van der Waals surface area contributed by atoms with E-state index in [2.05, 4.69) is 16.6 Å². The molecule has 1 fully saturated rings. The number of halogens is 3. The highest BCUT2D eigenvalue weighted by molar-refractivity contribution is 5.92. The highest BCUT2D eigenvalue weighted by atomic mass is 19.4. The summed E-state index contributed by atoms with van der Waals surface area (Å²) in [6.45, 7) is 4.72. The number of aliphatic carboxylic acids is 1. The monoisotopic (exact) mass is 646 g/mol. The van der Waals surface area contributed by atoms with Crippen LogP contribution < -0.4 is 9.47 Å². The average molecular weight is 647 g/mol. The van der Waals surface area contributed by atoms with Gasteiger partial charge in [-0.1, -0.05) is 37.3 Å². The summed E-state index contributed by atoms with van der Waals surface area (Å²) in [4.78, 5) is 32.1. The lowest BCUT2D eigenvalue weighted by Crippen LogP contribution is -2.19. The number of para-hydroxylation sites is 1. The number of aryl methyl sites for hydroxylation is 1. The summed E-state index contributed by atoms with van der Waals surface area (Å²) >= 11 is 0. The quantitative estimate of drug-likeness (QED) is 0.112. The molecule has 1 heterocycles. The Labute approximate surface area is 264 Å². The number of carboxylic acid groups (broad SMARTS) is 2. The molecule has 1 unspecified atom stereocenters. The Morgan fingerprint density at radius 3 is 2.50 bits per heavy atom. The highest BCUT2D eigenvalue weighted by Gasteiger charge is 2.49. The second-order valence-corrected chi connectivity index (χ2v) is 11.2. The van der Waals surface area contributed by atoms with Crippen molar-refractivity contribution in [3.05, 3.63) is 70.8 Å². The van der Waals surface area contributed by atoms with E-state index in [0.717, 1.165) is 29.9 Å². The predicted octanol–water partition coefficient (Wildman–Crippen LogP) is 5.61. The Kier molecular flexibility index (Phi) is 12.4. The summed E-state index contributed by atoms with van der Waals surface area (Å²) < 4.78 is 47.7. The van der Waals surface area contributed by atoms with Crippen LogP contribution in [0.2, 0.25) is 0 Å². The maximum Gasteiger partial charge on any atom is 0.416 e. The summed E-state index contributed by atoms with van der Waals surface area (Å²) in [7, 11) is 0. The maximum atomic E-state index is 12.4. The second-order valence-electron chi connectivity index (χ2n) is 11.2. The molecule has 12 heteroatoms. The zero-order valence-corrected chi connectivity index (χ0v) is 25.6. The van der Waals surface area contributed by atoms with Gasteiger partial charge in [0.2, 0.25) is 0 Å². The Balaban J connectivity index is 0.000000289. The van der Waals surface area contributed by atoms with Crippen molar-refractivity contribution in [1.82, 2.24) is 0 Å². The van der Waals surface area contributed by atoms with Crippen molar-refractivity contribution in [2.24, 2.45) is 11.8 Å². The van der Waals surface area contributed by atoms with E-state index in [1.54, 1.807) is 13.0 Å². The summed E-state index contributed by atoms with van der Waals surface area (Å²) in [5.74, 6) is 2.87. The molecule has 0 bridgehead atoms. The number of esters is 1. The number of benzene rings is 2. The lowest BCUT2D eigenvalue weighted by molar-refractivity contribution is -0.138. The molecule has 46 heavy (non-hydrogen) atoms. The van der Waals surface area contributed by atoms with Crippen LogP contribution in [0, 0.1) is 23.7 Å². The summed E-state index contributed by atoms with van der Waals surface area (Å²) in [5, 5.41) is 38.6. The van der Waals surface area contributed by atoms with Crippen LogP contribution in [-0.4, -0.2) is 56.6 Å². The molecule has 248 valence electrons. The molecule has 1 saturated carbocycles. The van der Waals surface area contributed by atoms with Gasteiger partial charge < -0.3 is 29.9 Å². The van der Waals surface area contributed by atoms with Crippen LogP contribution in [-0.2, 0) is 22.2 Å². The van der Waals surface area contributed by atoms with Gasteiger partial charge in [-0.25, -0.2) is 4.79 Å². The third-order valence-electron chi connectivity index (χ3n) is 7.83. The smallest absolute Gasteiger partial charge is 0.416 e. The van der Waals surface area contributed by atoms with E-state index in [-0.39, 0.29) is 30.3 Å². The molecule has 9 nitrogen and oxygen atoms in total. The van der Waals surface area contributed by atoms with E-state index in [1.165, 1.54) is 0 Å². The van der Waals surface area contributed by atoms with Gasteiger partial charge in [0.1, 0.15) is 23.2 Å². The number of hydrogen-bond donors (Lipinski definition) is 4. The van der Waals surface area contributed by atoms with Crippen molar-refractivity contribution in [3.8, 4) is 23.3 Å². The first-order chi connectivity index (χ1) is 21.6. The SMILES string of the molecule is CC#CCC(C)[C@H](O)/C=C/[C@@H]1[C@H]2c3cccc(CCCC(=O)O)c3O[C@H]2C[C@H]1O.CC(=O)Oc1cc(C(F)(F)F)ccc1C(=O)O. The first-order valence-corrected chi connectivity index (χ1v) is 14.7. The Hall–Kier alpha value is -4.34. The molecule has 0 aromatic heterocycles. The van der Waals surface area contributed by atoms with Crippen LogP contribution in [0.5, 0.6) is 11.5 Å². The fourth-order valence-electron chi connectivity index (χ4n) is 5.53. The van der Waals surface area contributed by atoms with Crippen molar-refractivity contribution in [1.29, 1.82) is 0 Å². The molecular weight excluding hydrogens is 609 g/mol. The standard InChI is InChI=1S/C24H30O5.C10H7F3O4/c1-3-4-7-15(2)19(25)13-12-17-20(26)14-21-23(17)18-10-5-8-16(24(18)29-21)9-6-11-22(27)28;1-5(14)17-8-4-6(10(11,12)13)2-3-7(8)9(15)16/h5,8,10,12-13,15,17,19-21,23,25-26H,6-7,9,11,14H2,1-2H3,(H,27,28);2-4H,1H3,(H,15,16)/b13-12+;/t15?,17-,19+,20+,21-,23-;/m0./s1. The van der Waals surface area contributed by atoms with Crippen molar-refractivity contribution in [3.63, 3.8) is 0 Å². The van der Waals surface area contributed by atoms with E-state index in [0.29, 0.717) is 37.8 Å². The van der Waals surface area contributed by atoms with E-state index in [9.17, 15) is 37.8 Å². The Morgan fingerprint density at radius 1 is 1.17 bits per heavy atom. The largest absolute Gasteiger partial charge is 0.489 e. The van der Waals surface area contributed by atoms with Gasteiger partial charge in [0.05, 0.1) is 17.8 Å². The number of rotatable bonds is 10. The van der Waals surface area contributed by atoms with Gasteiger partial charge in [0, 0.05) is 43.6 Å². The molecular formula is C34H37F3O9. The molecule has 0 saturated heterocycles. The number of carboxylic acids is 2. The Morgan fingerprint density at radius 2 is 1.89 bits per heavy atom. The number of ether oxygens (including phenoxy) is 2. The van der Waals surface area contributed by atoms with Crippen molar-refractivity contribution < 1.29 is 57.5 Å². The minimum atomic E-state index is -4.63. The number of aliphatic hydroxyl groups excluding tert-OH is 2. The molecule has 2 aliphatic rings. The van der Waals surface area contributed by atoms with Crippen LogP contribution >= 0.6 is 0 Å². The van der Waals surface area contributed by atoms with E-state index < -0.39 is 53.2 Å². The van der Waals surface area contributed by atoms with Gasteiger partial charge in [-0.05, 0) is 49.4 Å². The zero-order valence-electron chi connectivity index (χ0n) is 25.6. The second kappa shape index (κ2) is 15.8. The van der Waals surface area contributed by atoms with Crippen LogP contribution in [0.1, 0.15) is 79.4 Å². The molecule has 2 aromatic rings. The minimum absolute atomic E-state index is 0.0287. The van der Waals surface area contributed by atoms with Gasteiger partial charge in [-0.15, -0.1) is 11.8 Å². The fraction of sp³-hybridized carbons (Fsp3) is 0.441. The topological polar surface area (TPSA) is 151 Å². The summed E-state index contributed by atoms with van der Waals surface area (Å²) in [6, 6.07) is 7.83. The lowest BCUT2D eigenvalue weighted by atomic mass is 9.86. The molecule has 1 aliphatic carbocycles. The van der Waals surface area contributed by atoms with E-state index in [1.807, 2.05) is 31.2 Å². The zero-order chi connectivity index (χ0) is 34.2. The Bertz CT molecular complexity index is 1510. The number of aromatic carboxylic acids is 1. The number of aliphatic hydroxyl groups is 2. The number of carbonyl (C=O) groups is 3. The first-order valence-electron chi connectivity index (χ1n) is 14.7. The fourth-order valence-corrected chi connectivity index (χ4v) is 5.53. The van der Waals surface area contributed by atoms with Gasteiger partial charge >= 0.3 is 24.1 Å². The first kappa shape index (κ1) is 36.1. The lowest BCUT2D eigenvalue weighted by Gasteiger charge is -2.19. The van der Waals surface area contributed by atoms with E-state index in [4.69, 9.17) is 14.9 Å². The minimum Gasteiger partial charge on any atom is -0.489 e. The summed E-state index contributed by atoms with van der Waals surface area (Å²) in [5.41, 5.74) is 0.516. The molecule has 4 rings (SSSR count). The third-order valence-corrected chi connectivity index (χ3v) is 7.83. The summed E-state index contributed by atoms with van der Waals surface area (Å²) in [6.07, 6.45) is 0.435. The van der Waals surface area contributed by atoms with Crippen molar-refractivity contribution in [2.45, 2.75) is 83.3 Å². The third kappa shape index (κ3) is 9.34. The van der Waals surface area contributed by atoms with Crippen molar-refractivity contribution >= 4 is 17.9 Å². The van der Waals surface area contributed by atoms with Crippen LogP contribution in [0.3, 0.4) is 0 Å². The predicted molar refractivity (Wildman–Crippen MR) is 160 cm³/mol. The normalized spacial score (nSPS) is 21.0. The maximum absolute atomic E-state index is 12.4. The van der Waals surface area contributed by atoms with Gasteiger partial charge in [-0.3, -0.25) is 9.59 Å². The number of hydrogen-bond acceptors (Lipinski definition) is 7. The van der Waals surface area contributed by atoms with Crippen molar-refractivity contribution in [2.75, 3.05) is 0 Å². The van der Waals surface area contributed by atoms with Crippen LogP contribution in [0.15, 0.2) is 48.6 Å². The van der Waals surface area contributed by atoms with Crippen LogP contribution in [0.4, 0.5) is 13.2 Å². The van der Waals surface area contributed by atoms with Gasteiger partial charge in [0.25, 0.3) is 0 Å². The molecule has 4 N–H and O–H groups in total. The van der Waals surface area contributed by atoms with E-state index >= 15 is 0 Å². The average Bonchev–Trinajstić information content (AvgIpc) is 3.48. The number of fused-ring (bicyclic) bond motifs is 3. The molecule has 0 radical (unpaired) electrons. The van der Waals surface area contributed by atoms with Crippen LogP contribution in [0.25, 0.3) is 0 Å². The molecule has 0 amide bonds. The van der Waals surface area contributed by atoms with Gasteiger partial charge in [-0.2, -0.15) is 13.2 Å².